The fourth-order valence-corrected chi connectivity index (χ4v) is 7.30. The zero-order valence-corrected chi connectivity index (χ0v) is 29.8. The van der Waals surface area contributed by atoms with Crippen LogP contribution in [0.2, 0.25) is 0 Å². The van der Waals surface area contributed by atoms with E-state index in [0.717, 1.165) is 60.2 Å². The molecule has 1 unspecified atom stereocenters. The van der Waals surface area contributed by atoms with Gasteiger partial charge < -0.3 is 19.3 Å². The largest absolute Gasteiger partial charge is 0.691 e. The molecule has 0 saturated carbocycles. The molecule has 0 fully saturated rings. The first-order valence-electron chi connectivity index (χ1n) is 16.4. The van der Waals surface area contributed by atoms with Crippen LogP contribution in [-0.4, -0.2) is 54.4 Å². The summed E-state index contributed by atoms with van der Waals surface area (Å²) in [7, 11) is -3.86. The van der Waals surface area contributed by atoms with Crippen LogP contribution in [0.1, 0.15) is 54.4 Å². The second-order valence-corrected chi connectivity index (χ2v) is 13.9. The molecule has 10 nitrogen and oxygen atoms in total. The van der Waals surface area contributed by atoms with Crippen molar-refractivity contribution in [1.29, 1.82) is 0 Å². The predicted molar refractivity (Wildman–Crippen MR) is 186 cm³/mol. The number of ether oxygens (including phenoxy) is 1. The van der Waals surface area contributed by atoms with Gasteiger partial charge in [-0.2, -0.15) is 4.33 Å². The summed E-state index contributed by atoms with van der Waals surface area (Å²) < 4.78 is 48.6. The molecule has 1 aliphatic heterocycles. The van der Waals surface area contributed by atoms with E-state index < -0.39 is 10.0 Å². The van der Waals surface area contributed by atoms with Crippen molar-refractivity contribution >= 4 is 38.7 Å². The van der Waals surface area contributed by atoms with E-state index in [4.69, 9.17) is 13.5 Å². The van der Waals surface area contributed by atoms with Crippen molar-refractivity contribution < 1.29 is 32.2 Å². The first-order valence-corrected chi connectivity index (χ1v) is 18.6. The zero-order valence-electron chi connectivity index (χ0n) is 28.2. The highest BCUT2D eigenvalue weighted by Gasteiger charge is 2.24. The van der Waals surface area contributed by atoms with Gasteiger partial charge in [-0.15, -0.1) is 0 Å². The summed E-state index contributed by atoms with van der Waals surface area (Å²) in [5.74, 6) is 1.14. The van der Waals surface area contributed by atoms with Crippen molar-refractivity contribution in [1.82, 2.24) is 9.30 Å². The number of benzene rings is 3. The van der Waals surface area contributed by atoms with Gasteiger partial charge >= 0.3 is 0 Å². The number of nitrogens with one attached hydrogen (secondary N) is 1. The van der Waals surface area contributed by atoms with Crippen LogP contribution in [0.25, 0.3) is 33.4 Å². The number of nitrogens with zero attached hydrogens (tertiary/aromatic N) is 2. The van der Waals surface area contributed by atoms with Crippen molar-refractivity contribution in [3.05, 3.63) is 60.0 Å². The fourth-order valence-electron chi connectivity index (χ4n) is 5.59. The second-order valence-electron chi connectivity index (χ2n) is 11.4. The Bertz CT molecular complexity index is 1770. The SMILES string of the molecule is CCC(C)COCCCNS(=O)(=O)c1ccc(-c2c3ccc(=[N+](CC)CC)cc-3oc3cc(N(CC)CC)ccc23)c(SOO[O-])c1. The fraction of sp³-hybridized carbons (Fsp3) is 0.457. The summed E-state index contributed by atoms with van der Waals surface area (Å²) in [4.78, 5) is 2.69. The molecule has 2 aromatic rings. The average molecular weight is 686 g/mol. The maximum Gasteiger partial charge on any atom is 0.240 e. The number of anilines is 1. The average Bonchev–Trinajstić information content (AvgIpc) is 3.08. The van der Waals surface area contributed by atoms with Crippen LogP contribution in [0.5, 0.6) is 0 Å². The van der Waals surface area contributed by atoms with Gasteiger partial charge in [-0.1, -0.05) is 26.3 Å². The molecule has 256 valence electrons. The first-order chi connectivity index (χ1) is 22.7. The summed E-state index contributed by atoms with van der Waals surface area (Å²) >= 11 is 0.666. The summed E-state index contributed by atoms with van der Waals surface area (Å²) in [5.41, 5.74) is 4.04. The van der Waals surface area contributed by atoms with E-state index in [1.54, 1.807) is 12.1 Å². The van der Waals surface area contributed by atoms with Gasteiger partial charge in [-0.05, 0) is 75.9 Å². The Hall–Kier alpha value is -2.97. The number of sulfonamides is 1. The highest BCUT2D eigenvalue weighted by atomic mass is 32.2. The molecule has 2 aliphatic rings. The Kier molecular flexibility index (Phi) is 13.7. The molecular weight excluding hydrogens is 639 g/mol. The second kappa shape index (κ2) is 17.4. The normalized spacial score (nSPS) is 12.6. The minimum atomic E-state index is -3.86. The van der Waals surface area contributed by atoms with Crippen molar-refractivity contribution in [2.24, 2.45) is 5.92 Å². The smallest absolute Gasteiger partial charge is 0.240 e. The summed E-state index contributed by atoms with van der Waals surface area (Å²) in [6, 6.07) is 17.0. The lowest BCUT2D eigenvalue weighted by atomic mass is 9.93. The van der Waals surface area contributed by atoms with Crippen molar-refractivity contribution in [2.45, 2.75) is 64.2 Å². The highest BCUT2D eigenvalue weighted by molar-refractivity contribution is 7.94. The third kappa shape index (κ3) is 8.94. The summed E-state index contributed by atoms with van der Waals surface area (Å²) in [5, 5.41) is 16.5. The molecule has 1 N–H and O–H groups in total. The van der Waals surface area contributed by atoms with E-state index in [1.165, 1.54) is 6.07 Å². The van der Waals surface area contributed by atoms with Gasteiger partial charge in [0.1, 0.15) is 24.4 Å². The van der Waals surface area contributed by atoms with E-state index in [9.17, 15) is 13.7 Å². The molecule has 2 aromatic carbocycles. The van der Waals surface area contributed by atoms with Crippen LogP contribution in [0.4, 0.5) is 5.69 Å². The van der Waals surface area contributed by atoms with E-state index in [2.05, 4.69) is 72.9 Å². The van der Waals surface area contributed by atoms with Crippen molar-refractivity contribution in [2.75, 3.05) is 50.8 Å². The van der Waals surface area contributed by atoms with Crippen LogP contribution in [0.3, 0.4) is 0 Å². The topological polar surface area (TPSA) is 116 Å². The number of hydrogen-bond acceptors (Lipinski definition) is 9. The minimum absolute atomic E-state index is 0.0423. The van der Waals surface area contributed by atoms with E-state index in [-0.39, 0.29) is 11.4 Å². The molecule has 0 bridgehead atoms. The maximum atomic E-state index is 13.3. The summed E-state index contributed by atoms with van der Waals surface area (Å²) in [6.07, 6.45) is 1.57. The van der Waals surface area contributed by atoms with Gasteiger partial charge in [0.2, 0.25) is 15.4 Å². The minimum Gasteiger partial charge on any atom is -0.691 e. The third-order valence-electron chi connectivity index (χ3n) is 8.49. The van der Waals surface area contributed by atoms with Gasteiger partial charge in [0.25, 0.3) is 0 Å². The zero-order chi connectivity index (χ0) is 34.0. The lowest BCUT2D eigenvalue weighted by Gasteiger charge is -2.23. The third-order valence-corrected chi connectivity index (χ3v) is 10.6. The Morgan fingerprint density at radius 1 is 0.979 bits per heavy atom. The van der Waals surface area contributed by atoms with E-state index in [1.807, 2.05) is 24.3 Å². The summed E-state index contributed by atoms with van der Waals surface area (Å²) in [6.45, 7) is 17.4. The van der Waals surface area contributed by atoms with E-state index >= 15 is 0 Å². The number of rotatable bonds is 18. The molecule has 1 heterocycles. The van der Waals surface area contributed by atoms with Crippen LogP contribution in [-0.2, 0) is 24.1 Å². The molecule has 0 amide bonds. The standard InChI is InChI=1S/C35H47N3O7S2/c1-7-25(6)24-42-20-12-19-36-47(40,41)28-15-18-31(34(23-28)46-45-44-39)35-29-16-13-26(37(8-2)9-3)21-32(29)43-33-22-27(14-17-30(33)35)38(10-4)11-5/h13-18,21-23,25,36H,7-12,19-20,24H2,1-6H3. The van der Waals surface area contributed by atoms with Gasteiger partial charge in [0, 0.05) is 72.1 Å². The quantitative estimate of drug-likeness (QED) is 0.0345. The Labute approximate surface area is 282 Å². The predicted octanol–water partition coefficient (Wildman–Crippen LogP) is 5.82. The Morgan fingerprint density at radius 2 is 1.72 bits per heavy atom. The van der Waals surface area contributed by atoms with Crippen LogP contribution in [0.15, 0.2) is 68.8 Å². The molecule has 47 heavy (non-hydrogen) atoms. The maximum absolute atomic E-state index is 13.3. The van der Waals surface area contributed by atoms with Crippen molar-refractivity contribution in [3.8, 4) is 22.5 Å². The highest BCUT2D eigenvalue weighted by Crippen LogP contribution is 2.44. The lowest BCUT2D eigenvalue weighted by Crippen LogP contribution is -2.29. The van der Waals surface area contributed by atoms with Crippen LogP contribution >= 0.6 is 12.0 Å². The number of hydrogen-bond donors (Lipinski definition) is 1. The lowest BCUT2D eigenvalue weighted by molar-refractivity contribution is -0.777. The first kappa shape index (κ1) is 36.9. The molecule has 1 aliphatic carbocycles. The van der Waals surface area contributed by atoms with Crippen molar-refractivity contribution in [3.63, 3.8) is 0 Å². The van der Waals surface area contributed by atoms with Gasteiger partial charge in [0.15, 0.2) is 0 Å². The van der Waals surface area contributed by atoms with Gasteiger partial charge in [0.05, 0.1) is 23.0 Å². The Balaban J connectivity index is 1.83. The molecule has 12 heteroatoms. The molecule has 0 spiro atoms. The monoisotopic (exact) mass is 685 g/mol. The molecular formula is C35H47N3O7S2. The van der Waals surface area contributed by atoms with Gasteiger partial charge in [-0.3, -0.25) is 5.04 Å². The van der Waals surface area contributed by atoms with E-state index in [0.29, 0.717) is 59.4 Å². The van der Waals surface area contributed by atoms with Crippen LogP contribution in [0, 0.1) is 5.92 Å². The molecule has 4 rings (SSSR count). The van der Waals surface area contributed by atoms with Crippen LogP contribution < -0.4 is 24.8 Å². The molecule has 0 radical (unpaired) electrons. The number of fused-ring (bicyclic) bond motifs is 2. The Morgan fingerprint density at radius 3 is 2.40 bits per heavy atom. The van der Waals surface area contributed by atoms with Gasteiger partial charge in [-0.25, -0.2) is 17.7 Å². The molecule has 1 atom stereocenters. The molecule has 0 saturated heterocycles. The molecule has 0 aromatic heterocycles.